The molecule has 1 atom stereocenters. The molecule has 1 aliphatic carbocycles. The van der Waals surface area contributed by atoms with Crippen molar-refractivity contribution in [3.63, 3.8) is 0 Å². The lowest BCUT2D eigenvalue weighted by atomic mass is 10.0. The summed E-state index contributed by atoms with van der Waals surface area (Å²) < 4.78 is 0. The second kappa shape index (κ2) is 6.72. The van der Waals surface area contributed by atoms with Crippen LogP contribution in [0, 0.1) is 5.92 Å². The van der Waals surface area contributed by atoms with Crippen LogP contribution in [-0.4, -0.2) is 23.9 Å². The van der Waals surface area contributed by atoms with Crippen LogP contribution in [0.1, 0.15) is 43.5 Å². The number of amides is 2. The molecule has 2 amide bonds. The highest BCUT2D eigenvalue weighted by molar-refractivity contribution is 5.96. The molecule has 21 heavy (non-hydrogen) atoms. The zero-order chi connectivity index (χ0) is 15.4. The molecule has 4 N–H and O–H groups in total. The van der Waals surface area contributed by atoms with Crippen molar-refractivity contribution in [2.24, 2.45) is 11.7 Å². The van der Waals surface area contributed by atoms with Gasteiger partial charge in [-0.3, -0.25) is 9.59 Å². The first-order valence-corrected chi connectivity index (χ1v) is 7.42. The van der Waals surface area contributed by atoms with E-state index in [9.17, 15) is 9.59 Å². The van der Waals surface area contributed by atoms with Crippen LogP contribution in [0.25, 0.3) is 0 Å². The molecule has 2 rings (SSSR count). The van der Waals surface area contributed by atoms with E-state index in [0.717, 1.165) is 12.8 Å². The Morgan fingerprint density at radius 1 is 1.24 bits per heavy atom. The molecule has 5 heteroatoms. The topological polar surface area (TPSA) is 84.2 Å². The van der Waals surface area contributed by atoms with E-state index in [2.05, 4.69) is 10.6 Å². The summed E-state index contributed by atoms with van der Waals surface area (Å²) in [6.07, 6.45) is 2.42. The summed E-state index contributed by atoms with van der Waals surface area (Å²) in [7, 11) is 0. The first-order chi connectivity index (χ1) is 9.95. The summed E-state index contributed by atoms with van der Waals surface area (Å²) >= 11 is 0. The fraction of sp³-hybridized carbons (Fsp3) is 0.500. The minimum absolute atomic E-state index is 0.0581. The molecule has 0 heterocycles. The molecule has 0 bridgehead atoms. The lowest BCUT2D eigenvalue weighted by Gasteiger charge is -2.15. The molecule has 1 aromatic carbocycles. The lowest BCUT2D eigenvalue weighted by molar-refractivity contribution is -0.116. The van der Waals surface area contributed by atoms with E-state index in [-0.39, 0.29) is 23.8 Å². The average molecular weight is 289 g/mol. The molecule has 114 valence electrons. The highest BCUT2D eigenvalue weighted by Crippen LogP contribution is 2.19. The third kappa shape index (κ3) is 4.86. The Bertz CT molecular complexity index is 507. The van der Waals surface area contributed by atoms with Crippen LogP contribution in [-0.2, 0) is 4.79 Å². The van der Waals surface area contributed by atoms with Crippen molar-refractivity contribution < 1.29 is 9.59 Å². The second-order valence-corrected chi connectivity index (χ2v) is 5.99. The fourth-order valence-corrected chi connectivity index (χ4v) is 1.86. The fourth-order valence-electron chi connectivity index (χ4n) is 1.86. The van der Waals surface area contributed by atoms with E-state index in [4.69, 9.17) is 5.73 Å². The molecule has 1 unspecified atom stereocenters. The van der Waals surface area contributed by atoms with Gasteiger partial charge in [0.1, 0.15) is 0 Å². The summed E-state index contributed by atoms with van der Waals surface area (Å²) in [6.45, 7) is 3.98. The van der Waals surface area contributed by atoms with Crippen molar-refractivity contribution in [2.45, 2.75) is 45.2 Å². The Kier molecular flexibility index (Phi) is 4.96. The molecule has 0 aliphatic heterocycles. The van der Waals surface area contributed by atoms with E-state index in [0.29, 0.717) is 23.7 Å². The van der Waals surface area contributed by atoms with Gasteiger partial charge in [-0.1, -0.05) is 13.8 Å². The number of rotatable bonds is 6. The molecule has 0 spiro atoms. The van der Waals surface area contributed by atoms with Crippen LogP contribution in [0.2, 0.25) is 0 Å². The molecule has 1 aliphatic rings. The minimum atomic E-state index is -0.145. The molecule has 1 aromatic rings. The van der Waals surface area contributed by atoms with Gasteiger partial charge in [0.25, 0.3) is 5.91 Å². The number of benzene rings is 1. The maximum atomic E-state index is 11.8. The SMILES string of the molecule is CC(C)C(N)CC(=O)Nc1ccc(C(=O)NC2CC2)cc1. The predicted molar refractivity (Wildman–Crippen MR) is 83.0 cm³/mol. The van der Waals surface area contributed by atoms with Crippen LogP contribution >= 0.6 is 0 Å². The maximum absolute atomic E-state index is 11.8. The van der Waals surface area contributed by atoms with Crippen molar-refractivity contribution in [3.05, 3.63) is 29.8 Å². The molecule has 0 saturated heterocycles. The Labute approximate surface area is 125 Å². The first-order valence-electron chi connectivity index (χ1n) is 7.42. The number of hydrogen-bond donors (Lipinski definition) is 3. The van der Waals surface area contributed by atoms with Gasteiger partial charge in [0.15, 0.2) is 0 Å². The Balaban J connectivity index is 1.86. The van der Waals surface area contributed by atoms with Gasteiger partial charge >= 0.3 is 0 Å². The molecule has 5 nitrogen and oxygen atoms in total. The van der Waals surface area contributed by atoms with Crippen molar-refractivity contribution in [1.82, 2.24) is 5.32 Å². The van der Waals surface area contributed by atoms with Crippen molar-refractivity contribution in [2.75, 3.05) is 5.32 Å². The third-order valence-corrected chi connectivity index (χ3v) is 3.62. The maximum Gasteiger partial charge on any atom is 0.251 e. The van der Waals surface area contributed by atoms with E-state index in [1.165, 1.54) is 0 Å². The van der Waals surface area contributed by atoms with Gasteiger partial charge in [0.05, 0.1) is 0 Å². The number of carbonyl (C=O) groups excluding carboxylic acids is 2. The van der Waals surface area contributed by atoms with Gasteiger partial charge in [-0.15, -0.1) is 0 Å². The summed E-state index contributed by atoms with van der Waals surface area (Å²) in [6, 6.07) is 7.11. The Hall–Kier alpha value is -1.88. The van der Waals surface area contributed by atoms with E-state index >= 15 is 0 Å². The van der Waals surface area contributed by atoms with Crippen LogP contribution in [0.3, 0.4) is 0 Å². The zero-order valence-corrected chi connectivity index (χ0v) is 12.6. The number of anilines is 1. The van der Waals surface area contributed by atoms with Crippen LogP contribution < -0.4 is 16.4 Å². The minimum Gasteiger partial charge on any atom is -0.349 e. The molecular weight excluding hydrogens is 266 g/mol. The quantitative estimate of drug-likeness (QED) is 0.747. The van der Waals surface area contributed by atoms with Gasteiger partial charge in [-0.05, 0) is 43.0 Å². The van der Waals surface area contributed by atoms with Crippen LogP contribution in [0.4, 0.5) is 5.69 Å². The normalized spacial score (nSPS) is 15.6. The highest BCUT2D eigenvalue weighted by Gasteiger charge is 2.23. The summed E-state index contributed by atoms with van der Waals surface area (Å²) in [5, 5.41) is 5.72. The number of hydrogen-bond acceptors (Lipinski definition) is 3. The van der Waals surface area contributed by atoms with Gasteiger partial charge in [-0.2, -0.15) is 0 Å². The zero-order valence-electron chi connectivity index (χ0n) is 12.6. The molecule has 1 fully saturated rings. The second-order valence-electron chi connectivity index (χ2n) is 5.99. The summed E-state index contributed by atoms with van der Waals surface area (Å²) in [5.41, 5.74) is 7.16. The van der Waals surface area contributed by atoms with E-state index in [1.807, 2.05) is 13.8 Å². The highest BCUT2D eigenvalue weighted by atomic mass is 16.2. The molecular formula is C16H23N3O2. The predicted octanol–water partition coefficient (Wildman–Crippen LogP) is 1.89. The van der Waals surface area contributed by atoms with Gasteiger partial charge < -0.3 is 16.4 Å². The average Bonchev–Trinajstić information content (AvgIpc) is 3.23. The Morgan fingerprint density at radius 3 is 2.38 bits per heavy atom. The molecule has 1 saturated carbocycles. The first kappa shape index (κ1) is 15.5. The van der Waals surface area contributed by atoms with Crippen molar-refractivity contribution >= 4 is 17.5 Å². The van der Waals surface area contributed by atoms with E-state index < -0.39 is 0 Å². The van der Waals surface area contributed by atoms with Crippen LogP contribution in [0.15, 0.2) is 24.3 Å². The molecule has 0 aromatic heterocycles. The van der Waals surface area contributed by atoms with Gasteiger partial charge in [0.2, 0.25) is 5.91 Å². The van der Waals surface area contributed by atoms with Crippen LogP contribution in [0.5, 0.6) is 0 Å². The number of carbonyl (C=O) groups is 2. The van der Waals surface area contributed by atoms with Crippen molar-refractivity contribution in [1.29, 1.82) is 0 Å². The number of nitrogens with one attached hydrogen (secondary N) is 2. The van der Waals surface area contributed by atoms with Gasteiger partial charge in [0, 0.05) is 29.8 Å². The summed E-state index contributed by atoms with van der Waals surface area (Å²) in [4.78, 5) is 23.7. The van der Waals surface area contributed by atoms with Crippen molar-refractivity contribution in [3.8, 4) is 0 Å². The standard InChI is InChI=1S/C16H23N3O2/c1-10(2)14(17)9-15(20)18-12-5-3-11(4-6-12)16(21)19-13-7-8-13/h3-6,10,13-14H,7-9,17H2,1-2H3,(H,18,20)(H,19,21). The van der Waals surface area contributed by atoms with E-state index in [1.54, 1.807) is 24.3 Å². The summed E-state index contributed by atoms with van der Waals surface area (Å²) in [5.74, 6) is 0.104. The smallest absolute Gasteiger partial charge is 0.251 e. The third-order valence-electron chi connectivity index (χ3n) is 3.62. The molecule has 0 radical (unpaired) electrons. The van der Waals surface area contributed by atoms with Gasteiger partial charge in [-0.25, -0.2) is 0 Å². The number of nitrogens with two attached hydrogens (primary N) is 1. The largest absolute Gasteiger partial charge is 0.349 e. The monoisotopic (exact) mass is 289 g/mol. The Morgan fingerprint density at radius 2 is 1.86 bits per heavy atom. The lowest BCUT2D eigenvalue weighted by Crippen LogP contribution is -2.31.